The molecule has 0 aliphatic heterocycles. The lowest BCUT2D eigenvalue weighted by molar-refractivity contribution is 0.486. The third kappa shape index (κ3) is 15.6. The van der Waals surface area contributed by atoms with E-state index in [1.165, 1.54) is 57.4 Å². The zero-order chi connectivity index (χ0) is 13.7. The number of hydrogen-bond donors (Lipinski definition) is 1. The minimum Gasteiger partial charge on any atom is -0.285 e. The number of rotatable bonds is 12. The topological polar surface area (TPSA) is 54.4 Å². The average Bonchev–Trinajstić information content (AvgIpc) is 2.29. The highest BCUT2D eigenvalue weighted by molar-refractivity contribution is 7.85. The van der Waals surface area contributed by atoms with Crippen molar-refractivity contribution in [2.24, 2.45) is 0 Å². The van der Waals surface area contributed by atoms with Gasteiger partial charge >= 0.3 is 0 Å². The summed E-state index contributed by atoms with van der Waals surface area (Å²) in [4.78, 5) is 0. The van der Waals surface area contributed by atoms with Crippen molar-refractivity contribution in [1.29, 1.82) is 0 Å². The maximum Gasteiger partial charge on any atom is 0.268 e. The number of unbranched alkanes of at least 4 members (excludes halogenated alkanes) is 9. The summed E-state index contributed by atoms with van der Waals surface area (Å²) in [6.45, 7) is 2.23. The van der Waals surface area contributed by atoms with Gasteiger partial charge in [-0.15, -0.1) is 0 Å². The first kappa shape index (κ1) is 17.6. The molecular weight excluding hydrogens is 248 g/mol. The zero-order valence-electron chi connectivity index (χ0n) is 11.6. The molecule has 0 heterocycles. The van der Waals surface area contributed by atoms with Crippen molar-refractivity contribution >= 4 is 10.1 Å². The molecule has 0 aromatic carbocycles. The van der Waals surface area contributed by atoms with Gasteiger partial charge in [-0.25, -0.2) is 0 Å². The molecule has 0 aliphatic carbocycles. The van der Waals surface area contributed by atoms with Crippen molar-refractivity contribution in [1.82, 2.24) is 0 Å². The van der Waals surface area contributed by atoms with Crippen molar-refractivity contribution in [3.05, 3.63) is 12.2 Å². The maximum absolute atomic E-state index is 10.4. The van der Waals surface area contributed by atoms with Crippen LogP contribution in [0.2, 0.25) is 0 Å². The fourth-order valence-corrected chi connectivity index (χ4v) is 2.26. The van der Waals surface area contributed by atoms with Crippen molar-refractivity contribution in [3.63, 3.8) is 0 Å². The molecule has 0 radical (unpaired) electrons. The quantitative estimate of drug-likeness (QED) is 0.327. The van der Waals surface area contributed by atoms with Gasteiger partial charge in [0.25, 0.3) is 10.1 Å². The Kier molecular flexibility index (Phi) is 11.5. The van der Waals surface area contributed by atoms with E-state index in [9.17, 15) is 8.42 Å². The third-order valence-corrected chi connectivity index (χ3v) is 3.56. The summed E-state index contributed by atoms with van der Waals surface area (Å²) in [5, 5.41) is 0. The van der Waals surface area contributed by atoms with Gasteiger partial charge in [-0.1, -0.05) is 70.4 Å². The first-order chi connectivity index (χ1) is 8.56. The van der Waals surface area contributed by atoms with Crippen LogP contribution in [0, 0.1) is 0 Å². The Balaban J connectivity index is 3.16. The van der Waals surface area contributed by atoms with Crippen LogP contribution in [0.4, 0.5) is 0 Å². The Labute approximate surface area is 112 Å². The molecule has 18 heavy (non-hydrogen) atoms. The van der Waals surface area contributed by atoms with Crippen LogP contribution in [0.15, 0.2) is 12.2 Å². The first-order valence-electron chi connectivity index (χ1n) is 7.16. The Morgan fingerprint density at radius 2 is 1.33 bits per heavy atom. The van der Waals surface area contributed by atoms with Gasteiger partial charge in [0.05, 0.1) is 5.75 Å². The highest BCUT2D eigenvalue weighted by Gasteiger charge is 1.98. The van der Waals surface area contributed by atoms with Crippen molar-refractivity contribution in [2.45, 2.75) is 71.1 Å². The monoisotopic (exact) mass is 276 g/mol. The summed E-state index contributed by atoms with van der Waals surface area (Å²) in [7, 11) is -3.82. The molecular formula is C14H28O3S. The van der Waals surface area contributed by atoms with E-state index in [1.54, 1.807) is 0 Å². The van der Waals surface area contributed by atoms with Gasteiger partial charge in [0.1, 0.15) is 0 Å². The second-order valence-electron chi connectivity index (χ2n) is 4.84. The van der Waals surface area contributed by atoms with E-state index in [0.717, 1.165) is 12.8 Å². The zero-order valence-corrected chi connectivity index (χ0v) is 12.4. The molecule has 0 saturated carbocycles. The lowest BCUT2D eigenvalue weighted by Gasteiger charge is -2.00. The normalized spacial score (nSPS) is 12.3. The van der Waals surface area contributed by atoms with Gasteiger partial charge < -0.3 is 0 Å². The Morgan fingerprint density at radius 1 is 0.833 bits per heavy atom. The average molecular weight is 276 g/mol. The van der Waals surface area contributed by atoms with Gasteiger partial charge in [-0.3, -0.25) is 4.55 Å². The summed E-state index contributed by atoms with van der Waals surface area (Å²) >= 11 is 0. The second-order valence-corrected chi connectivity index (χ2v) is 6.33. The molecule has 0 bridgehead atoms. The molecule has 4 heteroatoms. The smallest absolute Gasteiger partial charge is 0.268 e. The van der Waals surface area contributed by atoms with E-state index < -0.39 is 10.1 Å². The van der Waals surface area contributed by atoms with E-state index in [1.807, 2.05) is 6.08 Å². The molecule has 0 fully saturated rings. The van der Waals surface area contributed by atoms with Crippen LogP contribution in [0.3, 0.4) is 0 Å². The van der Waals surface area contributed by atoms with E-state index in [0.29, 0.717) is 0 Å². The summed E-state index contributed by atoms with van der Waals surface area (Å²) in [5.74, 6) is -0.259. The SMILES string of the molecule is CCCCCCCCCCC/C=C/CS(=O)(=O)O. The largest absolute Gasteiger partial charge is 0.285 e. The van der Waals surface area contributed by atoms with Gasteiger partial charge in [-0.05, 0) is 12.8 Å². The molecule has 1 N–H and O–H groups in total. The van der Waals surface area contributed by atoms with E-state index in [4.69, 9.17) is 4.55 Å². The van der Waals surface area contributed by atoms with Crippen LogP contribution in [-0.2, 0) is 10.1 Å². The molecule has 3 nitrogen and oxygen atoms in total. The molecule has 0 spiro atoms. The Bertz CT molecular complexity index is 294. The lowest BCUT2D eigenvalue weighted by Crippen LogP contribution is -1.99. The third-order valence-electron chi connectivity index (χ3n) is 2.95. The standard InChI is InChI=1S/C14H28O3S/c1-2-3-4-5-6-7-8-9-10-11-12-13-14-18(15,16)17/h12-13H,2-11,14H2,1H3,(H,15,16,17)/b13-12+. The molecule has 108 valence electrons. The van der Waals surface area contributed by atoms with E-state index in [-0.39, 0.29) is 5.75 Å². The Hall–Kier alpha value is -0.350. The summed E-state index contributed by atoms with van der Waals surface area (Å²) < 4.78 is 29.3. The molecule has 0 aromatic heterocycles. The van der Waals surface area contributed by atoms with Crippen molar-refractivity contribution < 1.29 is 13.0 Å². The molecule has 0 saturated heterocycles. The predicted molar refractivity (Wildman–Crippen MR) is 77.4 cm³/mol. The molecule has 0 rings (SSSR count). The predicted octanol–water partition coefficient (Wildman–Crippen LogP) is 4.35. The van der Waals surface area contributed by atoms with E-state index in [2.05, 4.69) is 6.92 Å². The fraction of sp³-hybridized carbons (Fsp3) is 0.857. The Morgan fingerprint density at radius 3 is 1.83 bits per heavy atom. The van der Waals surface area contributed by atoms with Gasteiger partial charge in [0.15, 0.2) is 0 Å². The van der Waals surface area contributed by atoms with Crippen LogP contribution in [0.1, 0.15) is 71.1 Å². The van der Waals surface area contributed by atoms with Crippen molar-refractivity contribution in [3.8, 4) is 0 Å². The summed E-state index contributed by atoms with van der Waals surface area (Å²) in [6.07, 6.45) is 15.9. The summed E-state index contributed by atoms with van der Waals surface area (Å²) in [5.41, 5.74) is 0. The van der Waals surface area contributed by atoms with Gasteiger partial charge in [0, 0.05) is 0 Å². The van der Waals surface area contributed by atoms with Gasteiger partial charge in [-0.2, -0.15) is 8.42 Å². The first-order valence-corrected chi connectivity index (χ1v) is 8.77. The van der Waals surface area contributed by atoms with Crippen molar-refractivity contribution in [2.75, 3.05) is 5.75 Å². The number of allylic oxidation sites excluding steroid dienone is 1. The van der Waals surface area contributed by atoms with Crippen LogP contribution in [0.5, 0.6) is 0 Å². The minimum absolute atomic E-state index is 0.259. The lowest BCUT2D eigenvalue weighted by atomic mass is 10.1. The molecule has 0 unspecified atom stereocenters. The van der Waals surface area contributed by atoms with Gasteiger partial charge in [0.2, 0.25) is 0 Å². The highest BCUT2D eigenvalue weighted by Crippen LogP contribution is 2.10. The molecule has 0 atom stereocenters. The second kappa shape index (κ2) is 11.7. The number of hydrogen-bond acceptors (Lipinski definition) is 2. The molecule has 0 amide bonds. The minimum atomic E-state index is -3.82. The maximum atomic E-state index is 10.4. The fourth-order valence-electron chi connectivity index (χ4n) is 1.88. The van der Waals surface area contributed by atoms with Crippen LogP contribution in [0.25, 0.3) is 0 Å². The van der Waals surface area contributed by atoms with E-state index >= 15 is 0 Å². The van der Waals surface area contributed by atoms with Crippen LogP contribution < -0.4 is 0 Å². The molecule has 0 aromatic rings. The van der Waals surface area contributed by atoms with Crippen LogP contribution >= 0.6 is 0 Å². The molecule has 0 aliphatic rings. The highest BCUT2D eigenvalue weighted by atomic mass is 32.2. The van der Waals surface area contributed by atoms with Crippen LogP contribution in [-0.4, -0.2) is 18.7 Å². The summed E-state index contributed by atoms with van der Waals surface area (Å²) in [6, 6.07) is 0.